The van der Waals surface area contributed by atoms with Crippen molar-refractivity contribution in [1.82, 2.24) is 0 Å². The molecule has 0 aliphatic carbocycles. The Balaban J connectivity index is 4.38. The Morgan fingerprint density at radius 1 is 0.314 bits per heavy atom. The number of ether oxygens (including phenoxy) is 3. The third-order valence-electron chi connectivity index (χ3n) is 13.0. The standard InChI is InChI=1S/C64H112O6/c1-4-7-10-13-16-19-22-25-28-30-32-34-36-39-42-45-48-51-54-57-63(66)69-60-61(59-68-62(65)56-53-50-47-44-41-38-27-24-21-18-15-12-9-6-3)70-64(67)58-55-52-49-46-43-40-37-35-33-31-29-26-23-20-17-14-11-8-5-2/h7,10,16-17,19-20,23,25-26,28,32,34,61H,4-6,8-9,11-15,18,21-22,24,27,29-31,33,35-60H2,1-3H3/b10-7-,19-16-,20-17-,26-23-,28-25-,34-32-. The smallest absolute Gasteiger partial charge is 0.306 e. The van der Waals surface area contributed by atoms with E-state index in [0.717, 1.165) is 89.9 Å². The molecule has 0 aromatic heterocycles. The second-order valence-electron chi connectivity index (χ2n) is 19.9. The summed E-state index contributed by atoms with van der Waals surface area (Å²) in [6.45, 7) is 6.52. The molecule has 0 aromatic rings. The molecule has 0 aliphatic heterocycles. The summed E-state index contributed by atoms with van der Waals surface area (Å²) in [6, 6.07) is 0. The van der Waals surface area contributed by atoms with Crippen molar-refractivity contribution in [3.05, 3.63) is 72.9 Å². The molecule has 0 N–H and O–H groups in total. The molecule has 70 heavy (non-hydrogen) atoms. The number of unbranched alkanes of at least 4 members (excludes halogenated alkanes) is 32. The lowest BCUT2D eigenvalue weighted by atomic mass is 10.0. The molecule has 0 saturated carbocycles. The topological polar surface area (TPSA) is 78.9 Å². The Kier molecular flexibility index (Phi) is 55.8. The Bertz CT molecular complexity index is 1310. The zero-order valence-corrected chi connectivity index (χ0v) is 46.3. The third-order valence-corrected chi connectivity index (χ3v) is 13.0. The zero-order valence-electron chi connectivity index (χ0n) is 46.3. The van der Waals surface area contributed by atoms with Crippen LogP contribution in [-0.4, -0.2) is 37.2 Å². The minimum Gasteiger partial charge on any atom is -0.462 e. The molecule has 6 nitrogen and oxygen atoms in total. The summed E-state index contributed by atoms with van der Waals surface area (Å²) < 4.78 is 16.9. The molecule has 1 unspecified atom stereocenters. The molecule has 0 aromatic carbocycles. The van der Waals surface area contributed by atoms with Gasteiger partial charge in [-0.05, 0) is 83.5 Å². The minimum atomic E-state index is -0.782. The molecule has 0 heterocycles. The average molecular weight is 978 g/mol. The third kappa shape index (κ3) is 55.8. The average Bonchev–Trinajstić information content (AvgIpc) is 3.36. The van der Waals surface area contributed by atoms with Crippen molar-refractivity contribution in [3.63, 3.8) is 0 Å². The molecule has 0 spiro atoms. The van der Waals surface area contributed by atoms with Crippen LogP contribution < -0.4 is 0 Å². The molecular formula is C64H112O6. The van der Waals surface area contributed by atoms with Crippen molar-refractivity contribution in [2.24, 2.45) is 0 Å². The number of carbonyl (C=O) groups excluding carboxylic acids is 3. The number of allylic oxidation sites excluding steroid dienone is 12. The first-order chi connectivity index (χ1) is 34.5. The van der Waals surface area contributed by atoms with E-state index in [1.807, 2.05) is 0 Å². The molecule has 0 radical (unpaired) electrons. The van der Waals surface area contributed by atoms with E-state index in [2.05, 4.69) is 93.7 Å². The molecule has 404 valence electrons. The number of carbonyl (C=O) groups is 3. The highest BCUT2D eigenvalue weighted by Gasteiger charge is 2.19. The largest absolute Gasteiger partial charge is 0.462 e. The summed E-state index contributed by atoms with van der Waals surface area (Å²) in [5, 5.41) is 0. The van der Waals surface area contributed by atoms with E-state index >= 15 is 0 Å². The molecular weight excluding hydrogens is 865 g/mol. The van der Waals surface area contributed by atoms with Crippen LogP contribution in [0.2, 0.25) is 0 Å². The molecule has 0 fully saturated rings. The van der Waals surface area contributed by atoms with Crippen molar-refractivity contribution in [2.75, 3.05) is 13.2 Å². The second kappa shape index (κ2) is 58.4. The first kappa shape index (κ1) is 66.9. The van der Waals surface area contributed by atoms with Gasteiger partial charge >= 0.3 is 17.9 Å². The molecule has 0 saturated heterocycles. The van der Waals surface area contributed by atoms with Gasteiger partial charge < -0.3 is 14.2 Å². The summed E-state index contributed by atoms with van der Waals surface area (Å²) in [5.41, 5.74) is 0. The van der Waals surface area contributed by atoms with Crippen LogP contribution in [0.15, 0.2) is 72.9 Å². The van der Waals surface area contributed by atoms with Gasteiger partial charge in [-0.2, -0.15) is 0 Å². The van der Waals surface area contributed by atoms with Crippen molar-refractivity contribution in [3.8, 4) is 0 Å². The Labute approximate surface area is 433 Å². The number of hydrogen-bond donors (Lipinski definition) is 0. The highest BCUT2D eigenvalue weighted by molar-refractivity contribution is 5.71. The zero-order chi connectivity index (χ0) is 50.7. The number of esters is 3. The van der Waals surface area contributed by atoms with Gasteiger partial charge in [0.05, 0.1) is 0 Å². The van der Waals surface area contributed by atoms with Crippen LogP contribution in [0.25, 0.3) is 0 Å². The van der Waals surface area contributed by atoms with E-state index in [0.29, 0.717) is 19.3 Å². The quantitative estimate of drug-likeness (QED) is 0.0199. The molecule has 1 atom stereocenters. The first-order valence-electron chi connectivity index (χ1n) is 30.0. The van der Waals surface area contributed by atoms with Gasteiger partial charge in [0, 0.05) is 19.3 Å². The van der Waals surface area contributed by atoms with Gasteiger partial charge in [0.15, 0.2) is 6.10 Å². The lowest BCUT2D eigenvalue weighted by Gasteiger charge is -2.18. The Morgan fingerprint density at radius 2 is 0.600 bits per heavy atom. The van der Waals surface area contributed by atoms with E-state index in [4.69, 9.17) is 14.2 Å². The predicted octanol–water partition coefficient (Wildman–Crippen LogP) is 20.2. The maximum absolute atomic E-state index is 12.9. The van der Waals surface area contributed by atoms with Crippen LogP contribution >= 0.6 is 0 Å². The fourth-order valence-corrected chi connectivity index (χ4v) is 8.48. The summed E-state index contributed by atoms with van der Waals surface area (Å²) in [5.74, 6) is -0.884. The lowest BCUT2D eigenvalue weighted by Crippen LogP contribution is -2.30. The number of hydrogen-bond acceptors (Lipinski definition) is 6. The van der Waals surface area contributed by atoms with Crippen molar-refractivity contribution >= 4 is 17.9 Å². The van der Waals surface area contributed by atoms with Crippen molar-refractivity contribution in [1.29, 1.82) is 0 Å². The maximum atomic E-state index is 12.9. The fourth-order valence-electron chi connectivity index (χ4n) is 8.48. The second-order valence-corrected chi connectivity index (χ2v) is 19.9. The summed E-state index contributed by atoms with van der Waals surface area (Å²) in [4.78, 5) is 38.2. The molecule has 0 rings (SSSR count). The summed E-state index contributed by atoms with van der Waals surface area (Å²) in [6.07, 6.45) is 74.6. The fraction of sp³-hybridized carbons (Fsp3) is 0.766. The van der Waals surface area contributed by atoms with Gasteiger partial charge in [-0.1, -0.05) is 267 Å². The molecule has 6 heteroatoms. The van der Waals surface area contributed by atoms with E-state index in [-0.39, 0.29) is 31.1 Å². The van der Waals surface area contributed by atoms with Crippen LogP contribution in [-0.2, 0) is 28.6 Å². The maximum Gasteiger partial charge on any atom is 0.306 e. The van der Waals surface area contributed by atoms with Crippen molar-refractivity contribution in [2.45, 2.75) is 303 Å². The predicted molar refractivity (Wildman–Crippen MR) is 302 cm³/mol. The van der Waals surface area contributed by atoms with Gasteiger partial charge in [0.25, 0.3) is 0 Å². The van der Waals surface area contributed by atoms with E-state index in [9.17, 15) is 14.4 Å². The number of rotatable bonds is 54. The lowest BCUT2D eigenvalue weighted by molar-refractivity contribution is -0.167. The van der Waals surface area contributed by atoms with Crippen LogP contribution in [0.1, 0.15) is 297 Å². The summed E-state index contributed by atoms with van der Waals surface area (Å²) >= 11 is 0. The van der Waals surface area contributed by atoms with Crippen molar-refractivity contribution < 1.29 is 28.6 Å². The summed E-state index contributed by atoms with van der Waals surface area (Å²) in [7, 11) is 0. The monoisotopic (exact) mass is 977 g/mol. The minimum absolute atomic E-state index is 0.0788. The molecule has 0 bridgehead atoms. The molecule has 0 aliphatic rings. The van der Waals surface area contributed by atoms with Gasteiger partial charge in [-0.3, -0.25) is 14.4 Å². The Hall–Kier alpha value is -3.15. The van der Waals surface area contributed by atoms with Crippen LogP contribution in [0.3, 0.4) is 0 Å². The van der Waals surface area contributed by atoms with Gasteiger partial charge in [0.2, 0.25) is 0 Å². The van der Waals surface area contributed by atoms with Gasteiger partial charge in [0.1, 0.15) is 13.2 Å². The van der Waals surface area contributed by atoms with Crippen LogP contribution in [0.5, 0.6) is 0 Å². The Morgan fingerprint density at radius 3 is 0.986 bits per heavy atom. The van der Waals surface area contributed by atoms with Crippen LogP contribution in [0, 0.1) is 0 Å². The SMILES string of the molecule is CC/C=C\C/C=C\C/C=C\C/C=C\CCCCCCCCC(=O)OCC(COC(=O)CCCCCCCCCCCCCCCC)OC(=O)CCCCCCCCCCCC/C=C\C=C/CCCCC. The van der Waals surface area contributed by atoms with E-state index in [1.54, 1.807) is 0 Å². The molecule has 0 amide bonds. The normalized spacial score (nSPS) is 12.6. The highest BCUT2D eigenvalue weighted by atomic mass is 16.6. The van der Waals surface area contributed by atoms with Gasteiger partial charge in [-0.25, -0.2) is 0 Å². The van der Waals surface area contributed by atoms with E-state index in [1.165, 1.54) is 167 Å². The first-order valence-corrected chi connectivity index (χ1v) is 30.0. The van der Waals surface area contributed by atoms with Gasteiger partial charge in [-0.15, -0.1) is 0 Å². The van der Waals surface area contributed by atoms with E-state index < -0.39 is 6.10 Å². The van der Waals surface area contributed by atoms with Crippen LogP contribution in [0.4, 0.5) is 0 Å². The highest BCUT2D eigenvalue weighted by Crippen LogP contribution is 2.16.